The molecule has 0 aromatic heterocycles. The van der Waals surface area contributed by atoms with E-state index in [0.717, 1.165) is 29.1 Å². The zero-order valence-corrected chi connectivity index (χ0v) is 15.9. The van der Waals surface area contributed by atoms with E-state index >= 15 is 0 Å². The highest BCUT2D eigenvalue weighted by atomic mass is 16.2. The van der Waals surface area contributed by atoms with Crippen LogP contribution in [0, 0.1) is 12.3 Å². The summed E-state index contributed by atoms with van der Waals surface area (Å²) in [7, 11) is 0. The monoisotopic (exact) mass is 363 g/mol. The minimum atomic E-state index is -0.316. The van der Waals surface area contributed by atoms with E-state index in [1.807, 2.05) is 55.5 Å². The fraction of sp³-hybridized carbons (Fsp3) is 0.273. The van der Waals surface area contributed by atoms with E-state index in [0.29, 0.717) is 12.1 Å². The maximum absolute atomic E-state index is 12.4. The summed E-state index contributed by atoms with van der Waals surface area (Å²) in [5, 5.41) is 9.02. The van der Waals surface area contributed by atoms with Crippen molar-refractivity contribution in [2.75, 3.05) is 16.0 Å². The van der Waals surface area contributed by atoms with Crippen LogP contribution >= 0.6 is 0 Å². The predicted molar refractivity (Wildman–Crippen MR) is 110 cm³/mol. The van der Waals surface area contributed by atoms with Crippen molar-refractivity contribution in [3.8, 4) is 0 Å². The molecule has 2 aromatic carbocycles. The largest absolute Gasteiger partial charge is 0.357 e. The molecular weight excluding hydrogens is 338 g/mol. The van der Waals surface area contributed by atoms with Gasteiger partial charge in [-0.1, -0.05) is 38.1 Å². The molecule has 27 heavy (non-hydrogen) atoms. The molecule has 3 rings (SSSR count). The van der Waals surface area contributed by atoms with E-state index < -0.39 is 0 Å². The Hall–Kier alpha value is -3.08. The van der Waals surface area contributed by atoms with Crippen LogP contribution in [0.2, 0.25) is 0 Å². The van der Waals surface area contributed by atoms with Gasteiger partial charge in [-0.15, -0.1) is 0 Å². The van der Waals surface area contributed by atoms with Crippen LogP contribution in [0.4, 0.5) is 21.9 Å². The van der Waals surface area contributed by atoms with Gasteiger partial charge >= 0.3 is 6.03 Å². The van der Waals surface area contributed by atoms with Crippen LogP contribution in [0.1, 0.15) is 32.3 Å². The lowest BCUT2D eigenvalue weighted by molar-refractivity contribution is -0.117. The molecule has 0 atom stereocenters. The summed E-state index contributed by atoms with van der Waals surface area (Å²) in [5.74, 6) is 0.122. The first-order chi connectivity index (χ1) is 12.8. The smallest absolute Gasteiger partial charge is 0.323 e. The number of aryl methyl sites for hydroxylation is 1. The van der Waals surface area contributed by atoms with Crippen molar-refractivity contribution in [3.63, 3.8) is 0 Å². The quantitative estimate of drug-likeness (QED) is 0.688. The average Bonchev–Trinajstić information content (AvgIpc) is 2.54. The molecule has 0 heterocycles. The van der Waals surface area contributed by atoms with Crippen molar-refractivity contribution in [1.29, 1.82) is 0 Å². The fourth-order valence-electron chi connectivity index (χ4n) is 3.31. The van der Waals surface area contributed by atoms with Gasteiger partial charge in [0.2, 0.25) is 0 Å². The van der Waals surface area contributed by atoms with Crippen molar-refractivity contribution >= 4 is 28.9 Å². The number of anilines is 3. The van der Waals surface area contributed by atoms with Gasteiger partial charge in [0.15, 0.2) is 5.78 Å². The summed E-state index contributed by atoms with van der Waals surface area (Å²) in [6, 6.07) is 14.8. The molecule has 3 N–H and O–H groups in total. The number of hydrogen-bond acceptors (Lipinski definition) is 3. The van der Waals surface area contributed by atoms with Crippen LogP contribution < -0.4 is 16.0 Å². The number of allylic oxidation sites excluding steroid dienone is 2. The van der Waals surface area contributed by atoms with Gasteiger partial charge < -0.3 is 16.0 Å². The molecular formula is C22H25N3O2. The molecule has 0 radical (unpaired) electrons. The Balaban J connectivity index is 1.72. The Morgan fingerprint density at radius 1 is 0.963 bits per heavy atom. The molecule has 0 spiro atoms. The van der Waals surface area contributed by atoms with Gasteiger partial charge in [0.25, 0.3) is 0 Å². The standard InChI is InChI=1S/C22H25N3O2/c1-15-7-6-8-16(11-15)24-21(27)25-20-10-5-4-9-19(20)23-17-12-18(26)14-22(2,3)13-17/h4-12,23H,13-14H2,1-3H3,(H2,24,25,27). The van der Waals surface area contributed by atoms with Gasteiger partial charge in [0.05, 0.1) is 11.4 Å². The van der Waals surface area contributed by atoms with Crippen molar-refractivity contribution in [3.05, 3.63) is 65.9 Å². The zero-order valence-electron chi connectivity index (χ0n) is 15.9. The van der Waals surface area contributed by atoms with Crippen LogP contribution in [-0.2, 0) is 4.79 Å². The molecule has 1 aliphatic rings. The predicted octanol–water partition coefficient (Wildman–Crippen LogP) is 5.32. The van der Waals surface area contributed by atoms with Crippen molar-refractivity contribution in [2.24, 2.45) is 5.41 Å². The number of ketones is 1. The fourth-order valence-corrected chi connectivity index (χ4v) is 3.31. The normalized spacial score (nSPS) is 15.7. The van der Waals surface area contributed by atoms with E-state index in [2.05, 4.69) is 29.8 Å². The molecule has 2 aromatic rings. The number of urea groups is 1. The zero-order chi connectivity index (χ0) is 19.4. The van der Waals surface area contributed by atoms with Gasteiger partial charge in [-0.05, 0) is 48.6 Å². The van der Waals surface area contributed by atoms with Crippen LogP contribution in [0.5, 0.6) is 0 Å². The van der Waals surface area contributed by atoms with E-state index in [1.165, 1.54) is 0 Å². The first kappa shape index (κ1) is 18.7. The molecule has 0 unspecified atom stereocenters. The number of carbonyl (C=O) groups is 2. The number of nitrogens with one attached hydrogen (secondary N) is 3. The van der Waals surface area contributed by atoms with Crippen LogP contribution in [-0.4, -0.2) is 11.8 Å². The number of amides is 2. The molecule has 5 nitrogen and oxygen atoms in total. The molecule has 140 valence electrons. The van der Waals surface area contributed by atoms with Gasteiger partial charge in [-0.2, -0.15) is 0 Å². The van der Waals surface area contributed by atoms with E-state index in [-0.39, 0.29) is 17.2 Å². The first-order valence-corrected chi connectivity index (χ1v) is 9.05. The Labute approximate surface area is 159 Å². The Kier molecular flexibility index (Phi) is 5.31. The highest BCUT2D eigenvalue weighted by molar-refractivity contribution is 6.02. The highest BCUT2D eigenvalue weighted by Gasteiger charge is 2.27. The average molecular weight is 363 g/mol. The topological polar surface area (TPSA) is 70.2 Å². The minimum absolute atomic E-state index is 0.0704. The lowest BCUT2D eigenvalue weighted by Crippen LogP contribution is -2.25. The second kappa shape index (κ2) is 7.66. The third-order valence-corrected chi connectivity index (χ3v) is 4.40. The second-order valence-electron chi connectivity index (χ2n) is 7.77. The molecule has 0 saturated heterocycles. The summed E-state index contributed by atoms with van der Waals surface area (Å²) < 4.78 is 0. The van der Waals surface area contributed by atoms with Crippen molar-refractivity contribution in [1.82, 2.24) is 0 Å². The second-order valence-corrected chi connectivity index (χ2v) is 7.77. The minimum Gasteiger partial charge on any atom is -0.357 e. The van der Waals surface area contributed by atoms with E-state index in [4.69, 9.17) is 0 Å². The maximum Gasteiger partial charge on any atom is 0.323 e. The van der Waals surface area contributed by atoms with Crippen molar-refractivity contribution in [2.45, 2.75) is 33.6 Å². The van der Waals surface area contributed by atoms with Crippen LogP contribution in [0.15, 0.2) is 60.3 Å². The van der Waals surface area contributed by atoms with Crippen molar-refractivity contribution < 1.29 is 9.59 Å². The third kappa shape index (κ3) is 5.20. The molecule has 1 aliphatic carbocycles. The third-order valence-electron chi connectivity index (χ3n) is 4.40. The number of benzene rings is 2. The maximum atomic E-state index is 12.4. The summed E-state index contributed by atoms with van der Waals surface area (Å²) in [5.41, 5.74) is 4.02. The molecule has 0 bridgehead atoms. The Morgan fingerprint density at radius 3 is 2.41 bits per heavy atom. The summed E-state index contributed by atoms with van der Waals surface area (Å²) >= 11 is 0. The lowest BCUT2D eigenvalue weighted by Gasteiger charge is -2.29. The van der Waals surface area contributed by atoms with Crippen LogP contribution in [0.25, 0.3) is 0 Å². The van der Waals surface area contributed by atoms with Gasteiger partial charge in [-0.3, -0.25) is 4.79 Å². The number of hydrogen-bond donors (Lipinski definition) is 3. The molecule has 0 fully saturated rings. The lowest BCUT2D eigenvalue weighted by atomic mass is 9.79. The summed E-state index contributed by atoms with van der Waals surface area (Å²) in [6.07, 6.45) is 2.99. The number of carbonyl (C=O) groups excluding carboxylic acids is 2. The SMILES string of the molecule is Cc1cccc(NC(=O)Nc2ccccc2NC2=CC(=O)CC(C)(C)C2)c1. The van der Waals surface area contributed by atoms with Gasteiger partial charge in [0.1, 0.15) is 0 Å². The van der Waals surface area contributed by atoms with Gasteiger partial charge in [0, 0.05) is 23.9 Å². The summed E-state index contributed by atoms with van der Waals surface area (Å²) in [4.78, 5) is 24.4. The number of para-hydroxylation sites is 2. The molecule has 0 aliphatic heterocycles. The van der Waals surface area contributed by atoms with Gasteiger partial charge in [-0.25, -0.2) is 4.79 Å². The van der Waals surface area contributed by atoms with Crippen LogP contribution in [0.3, 0.4) is 0 Å². The Morgan fingerprint density at radius 2 is 1.70 bits per heavy atom. The van der Waals surface area contributed by atoms with E-state index in [1.54, 1.807) is 6.08 Å². The summed E-state index contributed by atoms with van der Waals surface area (Å²) in [6.45, 7) is 6.14. The molecule has 0 saturated carbocycles. The Bertz CT molecular complexity index is 900. The molecule has 2 amide bonds. The highest BCUT2D eigenvalue weighted by Crippen LogP contribution is 2.35. The first-order valence-electron chi connectivity index (χ1n) is 9.05. The number of rotatable bonds is 4. The van der Waals surface area contributed by atoms with E-state index in [9.17, 15) is 9.59 Å². The molecule has 5 heteroatoms.